The predicted molar refractivity (Wildman–Crippen MR) is 124 cm³/mol. The third kappa shape index (κ3) is 8.27. The maximum Gasteiger partial charge on any atom is 0.251 e. The molecule has 28 heavy (non-hydrogen) atoms. The first-order valence-electron chi connectivity index (χ1n) is 9.06. The van der Waals surface area contributed by atoms with E-state index in [-0.39, 0.29) is 30.7 Å². The van der Waals surface area contributed by atoms with Crippen LogP contribution in [0.15, 0.2) is 34.5 Å². The number of nitrogens with zero attached hydrogens (tertiary/aromatic N) is 2. The van der Waals surface area contributed by atoms with Crippen molar-refractivity contribution in [2.75, 3.05) is 39.3 Å². The van der Waals surface area contributed by atoms with Crippen LogP contribution in [0.3, 0.4) is 0 Å². The van der Waals surface area contributed by atoms with Gasteiger partial charge in [0.15, 0.2) is 0 Å². The minimum atomic E-state index is 0. The van der Waals surface area contributed by atoms with E-state index in [9.17, 15) is 4.79 Å². The van der Waals surface area contributed by atoms with E-state index in [0.29, 0.717) is 0 Å². The number of piperazine rings is 1. The van der Waals surface area contributed by atoms with Crippen molar-refractivity contribution in [2.24, 2.45) is 0 Å². The lowest BCUT2D eigenvalue weighted by molar-refractivity contribution is 0.0951. The van der Waals surface area contributed by atoms with E-state index >= 15 is 0 Å². The number of carbonyl (C=O) groups excluding carboxylic acids is 1. The van der Waals surface area contributed by atoms with E-state index in [1.807, 2.05) is 31.2 Å². The Morgan fingerprint density at radius 2 is 1.96 bits per heavy atom. The van der Waals surface area contributed by atoms with Gasteiger partial charge in [-0.1, -0.05) is 0 Å². The van der Waals surface area contributed by atoms with E-state index < -0.39 is 0 Å². The molecule has 1 fully saturated rings. The molecule has 0 saturated carbocycles. The number of thiazole rings is 1. The fraction of sp³-hybridized carbons (Fsp3) is 0.474. The Morgan fingerprint density at radius 3 is 2.61 bits per heavy atom. The number of amides is 1. The number of aromatic nitrogens is 1. The average molecular weight is 464 g/mol. The molecule has 2 heterocycles. The Morgan fingerprint density at radius 1 is 1.25 bits per heavy atom. The molecular formula is C19H28Cl2N4OS2. The number of hydrogen-bond acceptors (Lipinski definition) is 6. The number of thioether (sulfide) groups is 1. The third-order valence-electron chi connectivity index (χ3n) is 4.32. The monoisotopic (exact) mass is 462 g/mol. The molecule has 0 aliphatic carbocycles. The van der Waals surface area contributed by atoms with Crippen LogP contribution in [0.25, 0.3) is 0 Å². The van der Waals surface area contributed by atoms with Gasteiger partial charge in [-0.3, -0.25) is 4.79 Å². The van der Waals surface area contributed by atoms with E-state index in [0.717, 1.165) is 72.6 Å². The lowest BCUT2D eigenvalue weighted by Gasteiger charge is -2.27. The van der Waals surface area contributed by atoms with Crippen LogP contribution >= 0.6 is 47.9 Å². The summed E-state index contributed by atoms with van der Waals surface area (Å²) in [5.41, 5.74) is 1.84. The summed E-state index contributed by atoms with van der Waals surface area (Å²) in [7, 11) is 0. The highest BCUT2D eigenvalue weighted by atomic mass is 35.5. The molecule has 0 bridgehead atoms. The zero-order chi connectivity index (χ0) is 18.2. The van der Waals surface area contributed by atoms with Gasteiger partial charge < -0.3 is 15.5 Å². The minimum absolute atomic E-state index is 0. The van der Waals surface area contributed by atoms with Crippen LogP contribution in [-0.2, 0) is 5.75 Å². The fourth-order valence-corrected chi connectivity index (χ4v) is 4.38. The number of rotatable bonds is 8. The summed E-state index contributed by atoms with van der Waals surface area (Å²) in [6.45, 7) is 8.14. The largest absolute Gasteiger partial charge is 0.352 e. The van der Waals surface area contributed by atoms with Crippen molar-refractivity contribution in [1.29, 1.82) is 0 Å². The maximum atomic E-state index is 12.2. The number of carbonyl (C=O) groups is 1. The van der Waals surface area contributed by atoms with Crippen molar-refractivity contribution in [2.45, 2.75) is 24.0 Å². The molecule has 1 aromatic carbocycles. The van der Waals surface area contributed by atoms with Crippen molar-refractivity contribution < 1.29 is 4.79 Å². The molecule has 0 radical (unpaired) electrons. The highest BCUT2D eigenvalue weighted by Gasteiger charge is 2.09. The van der Waals surface area contributed by atoms with Crippen LogP contribution < -0.4 is 10.6 Å². The molecule has 0 unspecified atom stereocenters. The molecule has 1 aliphatic rings. The van der Waals surface area contributed by atoms with Crippen LogP contribution in [0, 0.1) is 6.92 Å². The van der Waals surface area contributed by atoms with Crippen LogP contribution in [0.5, 0.6) is 0 Å². The van der Waals surface area contributed by atoms with E-state index in [1.54, 1.807) is 23.1 Å². The van der Waals surface area contributed by atoms with Gasteiger partial charge in [0.05, 0.1) is 10.7 Å². The third-order valence-corrected chi connectivity index (χ3v) is 6.18. The smallest absolute Gasteiger partial charge is 0.251 e. The molecule has 0 atom stereocenters. The van der Waals surface area contributed by atoms with Crippen molar-refractivity contribution in [1.82, 2.24) is 20.5 Å². The standard InChI is InChI=1S/C19H26N4OS2.2ClH/c1-15-22-17(13-25-15)14-26-18-5-3-16(4-6-18)19(24)21-7-2-10-23-11-8-20-9-12-23;;/h3-6,13,20H,2,7-12,14H2,1H3,(H,21,24);2*1H. The van der Waals surface area contributed by atoms with Crippen molar-refractivity contribution in [3.8, 4) is 0 Å². The van der Waals surface area contributed by atoms with Crippen molar-refractivity contribution >= 4 is 53.8 Å². The summed E-state index contributed by atoms with van der Waals surface area (Å²) < 4.78 is 0. The van der Waals surface area contributed by atoms with Crippen LogP contribution in [0.1, 0.15) is 27.5 Å². The number of halogens is 2. The Balaban J connectivity index is 0.00000196. The molecule has 156 valence electrons. The number of aryl methyl sites for hydroxylation is 1. The second kappa shape index (κ2) is 13.4. The molecule has 1 amide bonds. The molecule has 1 aliphatic heterocycles. The Hall–Kier alpha value is -0.830. The highest BCUT2D eigenvalue weighted by Crippen LogP contribution is 2.23. The van der Waals surface area contributed by atoms with Crippen LogP contribution in [0.2, 0.25) is 0 Å². The van der Waals surface area contributed by atoms with Gasteiger partial charge in [-0.15, -0.1) is 47.9 Å². The van der Waals surface area contributed by atoms with Crippen LogP contribution in [-0.4, -0.2) is 55.1 Å². The molecule has 1 saturated heterocycles. The molecule has 2 aromatic rings. The maximum absolute atomic E-state index is 12.2. The molecular weight excluding hydrogens is 435 g/mol. The van der Waals surface area contributed by atoms with Gasteiger partial charge in [-0.2, -0.15) is 0 Å². The lowest BCUT2D eigenvalue weighted by Crippen LogP contribution is -2.44. The van der Waals surface area contributed by atoms with Gasteiger partial charge in [-0.25, -0.2) is 4.98 Å². The van der Waals surface area contributed by atoms with E-state index in [4.69, 9.17) is 0 Å². The predicted octanol–water partition coefficient (Wildman–Crippen LogP) is 3.61. The summed E-state index contributed by atoms with van der Waals surface area (Å²) >= 11 is 3.43. The van der Waals surface area contributed by atoms with Gasteiger partial charge >= 0.3 is 0 Å². The molecule has 2 N–H and O–H groups in total. The van der Waals surface area contributed by atoms with E-state index in [1.165, 1.54) is 0 Å². The first-order chi connectivity index (χ1) is 12.7. The average Bonchev–Trinajstić information content (AvgIpc) is 3.10. The van der Waals surface area contributed by atoms with Gasteiger partial charge in [-0.05, 0) is 44.2 Å². The molecule has 5 nitrogen and oxygen atoms in total. The van der Waals surface area contributed by atoms with Gasteiger partial charge in [0.1, 0.15) is 0 Å². The second-order valence-corrected chi connectivity index (χ2v) is 8.48. The molecule has 0 spiro atoms. The summed E-state index contributed by atoms with van der Waals surface area (Å²) in [5, 5.41) is 9.58. The number of nitrogens with one attached hydrogen (secondary N) is 2. The molecule has 1 aromatic heterocycles. The van der Waals surface area contributed by atoms with E-state index in [2.05, 4.69) is 25.9 Å². The Labute approximate surface area is 187 Å². The fourth-order valence-electron chi connectivity index (χ4n) is 2.88. The highest BCUT2D eigenvalue weighted by molar-refractivity contribution is 7.98. The summed E-state index contributed by atoms with van der Waals surface area (Å²) in [5.74, 6) is 0.874. The molecule has 9 heteroatoms. The first-order valence-corrected chi connectivity index (χ1v) is 10.9. The zero-order valence-electron chi connectivity index (χ0n) is 16.0. The summed E-state index contributed by atoms with van der Waals surface area (Å²) in [4.78, 5) is 20.3. The topological polar surface area (TPSA) is 57.3 Å². The van der Waals surface area contributed by atoms with Gasteiger partial charge in [0.25, 0.3) is 5.91 Å². The second-order valence-electron chi connectivity index (χ2n) is 6.37. The first kappa shape index (κ1) is 25.2. The van der Waals surface area contributed by atoms with Crippen molar-refractivity contribution in [3.05, 3.63) is 45.9 Å². The zero-order valence-corrected chi connectivity index (χ0v) is 19.2. The number of benzene rings is 1. The normalized spacial score (nSPS) is 14.0. The van der Waals surface area contributed by atoms with Crippen LogP contribution in [0.4, 0.5) is 0 Å². The minimum Gasteiger partial charge on any atom is -0.352 e. The lowest BCUT2D eigenvalue weighted by atomic mass is 10.2. The Bertz CT molecular complexity index is 706. The van der Waals surface area contributed by atoms with Gasteiger partial charge in [0, 0.05) is 54.3 Å². The quantitative estimate of drug-likeness (QED) is 0.463. The molecule has 3 rings (SSSR count). The Kier molecular flexibility index (Phi) is 12.1. The summed E-state index contributed by atoms with van der Waals surface area (Å²) in [6.07, 6.45) is 0.993. The van der Waals surface area contributed by atoms with Gasteiger partial charge in [0.2, 0.25) is 0 Å². The SMILES string of the molecule is Cc1nc(CSc2ccc(C(=O)NCCCN3CCNCC3)cc2)cs1.Cl.Cl. The summed E-state index contributed by atoms with van der Waals surface area (Å²) in [6, 6.07) is 7.83. The number of hydrogen-bond donors (Lipinski definition) is 2. The van der Waals surface area contributed by atoms with Crippen molar-refractivity contribution in [3.63, 3.8) is 0 Å².